The Morgan fingerprint density at radius 2 is 1.89 bits per heavy atom. The summed E-state index contributed by atoms with van der Waals surface area (Å²) in [6.45, 7) is 3.29. The number of aliphatic hydroxyl groups excluding tert-OH is 1. The summed E-state index contributed by atoms with van der Waals surface area (Å²) in [4.78, 5) is 2.46. The molecule has 1 aliphatic rings. The molecule has 0 amide bonds. The van der Waals surface area contributed by atoms with Crippen molar-refractivity contribution in [2.45, 2.75) is 38.2 Å². The average Bonchev–Trinajstić information content (AvgIpc) is 2.64. The number of benzene rings is 1. The first-order chi connectivity index (χ1) is 9.16. The van der Waals surface area contributed by atoms with Crippen molar-refractivity contribution in [3.8, 4) is 0 Å². The lowest BCUT2D eigenvalue weighted by Gasteiger charge is -2.22. The maximum Gasteiger partial charge on any atom is 0.0816 e. The molecule has 1 atom stereocenters. The van der Waals surface area contributed by atoms with E-state index in [0.717, 1.165) is 23.0 Å². The van der Waals surface area contributed by atoms with E-state index in [0.29, 0.717) is 5.02 Å². The van der Waals surface area contributed by atoms with E-state index in [-0.39, 0.29) is 0 Å². The molecule has 1 N–H and O–H groups in total. The van der Waals surface area contributed by atoms with Crippen molar-refractivity contribution in [2.75, 3.05) is 19.6 Å². The third kappa shape index (κ3) is 4.75. The number of hydrogen-bond donors (Lipinski definition) is 1. The van der Waals surface area contributed by atoms with E-state index >= 15 is 0 Å². The fourth-order valence-corrected chi connectivity index (χ4v) is 3.39. The van der Waals surface area contributed by atoms with Gasteiger partial charge in [-0.2, -0.15) is 0 Å². The minimum atomic E-state index is -0.469. The van der Waals surface area contributed by atoms with Crippen LogP contribution in [-0.2, 0) is 0 Å². The van der Waals surface area contributed by atoms with E-state index in [1.54, 1.807) is 0 Å². The van der Waals surface area contributed by atoms with Gasteiger partial charge in [-0.1, -0.05) is 46.4 Å². The van der Waals surface area contributed by atoms with Crippen molar-refractivity contribution >= 4 is 27.5 Å². The molecule has 2 rings (SSSR count). The predicted octanol–water partition coefficient (Wildman–Crippen LogP) is 4.40. The van der Waals surface area contributed by atoms with E-state index in [1.807, 2.05) is 18.2 Å². The summed E-state index contributed by atoms with van der Waals surface area (Å²) in [5.41, 5.74) is 0.833. The van der Waals surface area contributed by atoms with Crippen LogP contribution >= 0.6 is 27.5 Å². The first-order valence-electron chi connectivity index (χ1n) is 7.02. The standard InChI is InChI=1S/C15H21BrClNO/c16-12-5-6-13(14(17)11-12)15(19)7-10-18-8-3-1-2-4-9-18/h5-6,11,15,19H,1-4,7-10H2. The summed E-state index contributed by atoms with van der Waals surface area (Å²) in [5.74, 6) is 0. The molecule has 1 heterocycles. The van der Waals surface area contributed by atoms with Gasteiger partial charge in [-0.05, 0) is 50.0 Å². The van der Waals surface area contributed by atoms with Crippen LogP contribution in [-0.4, -0.2) is 29.6 Å². The Morgan fingerprint density at radius 1 is 1.21 bits per heavy atom. The topological polar surface area (TPSA) is 23.5 Å². The van der Waals surface area contributed by atoms with Crippen LogP contribution in [0, 0.1) is 0 Å². The van der Waals surface area contributed by atoms with Gasteiger partial charge >= 0.3 is 0 Å². The Balaban J connectivity index is 1.87. The lowest BCUT2D eigenvalue weighted by Crippen LogP contribution is -2.26. The molecule has 0 aliphatic carbocycles. The third-order valence-electron chi connectivity index (χ3n) is 3.74. The van der Waals surface area contributed by atoms with Crippen molar-refractivity contribution in [2.24, 2.45) is 0 Å². The lowest BCUT2D eigenvalue weighted by atomic mass is 10.1. The Labute approximate surface area is 128 Å². The molecular formula is C15H21BrClNO. The van der Waals surface area contributed by atoms with Gasteiger partial charge in [-0.25, -0.2) is 0 Å². The zero-order valence-corrected chi connectivity index (χ0v) is 13.5. The normalized spacial score (nSPS) is 19.1. The zero-order chi connectivity index (χ0) is 13.7. The number of likely N-dealkylation sites (tertiary alicyclic amines) is 1. The van der Waals surface area contributed by atoms with Crippen LogP contribution in [0.1, 0.15) is 43.8 Å². The summed E-state index contributed by atoms with van der Waals surface area (Å²) < 4.78 is 0.945. The highest BCUT2D eigenvalue weighted by molar-refractivity contribution is 9.10. The molecule has 1 aliphatic heterocycles. The molecule has 0 bridgehead atoms. The first-order valence-corrected chi connectivity index (χ1v) is 8.19. The summed E-state index contributed by atoms with van der Waals surface area (Å²) in [7, 11) is 0. The van der Waals surface area contributed by atoms with Gasteiger partial charge in [0.15, 0.2) is 0 Å². The monoisotopic (exact) mass is 345 g/mol. The van der Waals surface area contributed by atoms with Crippen LogP contribution in [0.3, 0.4) is 0 Å². The first kappa shape index (κ1) is 15.3. The quantitative estimate of drug-likeness (QED) is 0.873. The fraction of sp³-hybridized carbons (Fsp3) is 0.600. The molecule has 0 aromatic heterocycles. The van der Waals surface area contributed by atoms with Crippen molar-refractivity contribution < 1.29 is 5.11 Å². The van der Waals surface area contributed by atoms with Gasteiger partial charge < -0.3 is 10.0 Å². The van der Waals surface area contributed by atoms with Gasteiger partial charge in [-0.3, -0.25) is 0 Å². The predicted molar refractivity (Wildman–Crippen MR) is 83.6 cm³/mol. The van der Waals surface area contributed by atoms with Crippen molar-refractivity contribution in [3.63, 3.8) is 0 Å². The minimum absolute atomic E-state index is 0.469. The third-order valence-corrected chi connectivity index (χ3v) is 4.56. The molecule has 0 saturated carbocycles. The highest BCUT2D eigenvalue weighted by Crippen LogP contribution is 2.28. The van der Waals surface area contributed by atoms with E-state index in [2.05, 4.69) is 20.8 Å². The average molecular weight is 347 g/mol. The smallest absolute Gasteiger partial charge is 0.0816 e. The second kappa shape index (κ2) is 7.63. The molecular weight excluding hydrogens is 326 g/mol. The fourth-order valence-electron chi connectivity index (χ4n) is 2.59. The minimum Gasteiger partial charge on any atom is -0.388 e. The highest BCUT2D eigenvalue weighted by atomic mass is 79.9. The van der Waals surface area contributed by atoms with Crippen molar-refractivity contribution in [1.29, 1.82) is 0 Å². The van der Waals surface area contributed by atoms with E-state index < -0.39 is 6.10 Å². The summed E-state index contributed by atoms with van der Waals surface area (Å²) >= 11 is 9.55. The van der Waals surface area contributed by atoms with Crippen LogP contribution in [0.5, 0.6) is 0 Å². The molecule has 0 spiro atoms. The van der Waals surface area contributed by atoms with E-state index in [4.69, 9.17) is 11.6 Å². The van der Waals surface area contributed by atoms with Crippen LogP contribution in [0.4, 0.5) is 0 Å². The maximum absolute atomic E-state index is 10.3. The summed E-state index contributed by atoms with van der Waals surface area (Å²) in [5, 5.41) is 10.9. The SMILES string of the molecule is OC(CCN1CCCCCC1)c1ccc(Br)cc1Cl. The number of nitrogens with zero attached hydrogens (tertiary/aromatic N) is 1. The van der Waals surface area contributed by atoms with E-state index in [1.165, 1.54) is 38.8 Å². The Morgan fingerprint density at radius 3 is 2.53 bits per heavy atom. The Bertz CT molecular complexity index is 405. The number of hydrogen-bond acceptors (Lipinski definition) is 2. The molecule has 1 unspecified atom stereocenters. The molecule has 1 aromatic carbocycles. The number of rotatable bonds is 4. The van der Waals surface area contributed by atoms with Gasteiger partial charge in [0.25, 0.3) is 0 Å². The Hall–Kier alpha value is -0.0900. The van der Waals surface area contributed by atoms with Crippen molar-refractivity contribution in [3.05, 3.63) is 33.3 Å². The van der Waals surface area contributed by atoms with Crippen LogP contribution < -0.4 is 0 Å². The summed E-state index contributed by atoms with van der Waals surface area (Å²) in [6, 6.07) is 5.67. The van der Waals surface area contributed by atoms with Gasteiger partial charge in [0.05, 0.1) is 6.10 Å². The number of aliphatic hydroxyl groups is 1. The zero-order valence-electron chi connectivity index (χ0n) is 11.1. The number of halogens is 2. The van der Waals surface area contributed by atoms with Crippen LogP contribution in [0.25, 0.3) is 0 Å². The molecule has 19 heavy (non-hydrogen) atoms. The maximum atomic E-state index is 10.3. The molecule has 1 fully saturated rings. The highest BCUT2D eigenvalue weighted by Gasteiger charge is 2.15. The second-order valence-corrected chi connectivity index (χ2v) is 6.55. The van der Waals surface area contributed by atoms with Gasteiger partial charge in [-0.15, -0.1) is 0 Å². The molecule has 106 valence electrons. The van der Waals surface area contributed by atoms with Gasteiger partial charge in [0.2, 0.25) is 0 Å². The molecule has 1 saturated heterocycles. The largest absolute Gasteiger partial charge is 0.388 e. The summed E-state index contributed by atoms with van der Waals surface area (Å²) in [6.07, 6.45) is 5.55. The van der Waals surface area contributed by atoms with Crippen LogP contribution in [0.2, 0.25) is 5.02 Å². The van der Waals surface area contributed by atoms with Crippen LogP contribution in [0.15, 0.2) is 22.7 Å². The van der Waals surface area contributed by atoms with Gasteiger partial charge in [0.1, 0.15) is 0 Å². The Kier molecular flexibility index (Phi) is 6.14. The van der Waals surface area contributed by atoms with E-state index in [9.17, 15) is 5.11 Å². The molecule has 1 aromatic rings. The van der Waals surface area contributed by atoms with Gasteiger partial charge in [0, 0.05) is 16.0 Å². The molecule has 4 heteroatoms. The molecule has 0 radical (unpaired) electrons. The molecule has 2 nitrogen and oxygen atoms in total. The second-order valence-electron chi connectivity index (χ2n) is 5.23. The lowest BCUT2D eigenvalue weighted by molar-refractivity contribution is 0.143. The van der Waals surface area contributed by atoms with Crippen molar-refractivity contribution in [1.82, 2.24) is 4.90 Å².